The van der Waals surface area contributed by atoms with Gasteiger partial charge in [-0.25, -0.2) is 9.97 Å². The number of fused-ring (bicyclic) bond motifs is 1. The van der Waals surface area contributed by atoms with Gasteiger partial charge in [0.1, 0.15) is 6.04 Å². The minimum absolute atomic E-state index is 0.634. The Morgan fingerprint density at radius 2 is 1.85 bits per heavy atom. The van der Waals surface area contributed by atoms with Gasteiger partial charge in [-0.3, -0.25) is 9.69 Å². The Morgan fingerprint density at radius 3 is 2.52 bits per heavy atom. The molecule has 1 aliphatic heterocycles. The third kappa shape index (κ3) is 3.42. The molecule has 1 aromatic carbocycles. The highest BCUT2D eigenvalue weighted by molar-refractivity contribution is 9.10. The van der Waals surface area contributed by atoms with E-state index in [1.54, 1.807) is 12.4 Å². The van der Waals surface area contributed by atoms with Gasteiger partial charge < -0.3 is 15.0 Å². The molecule has 4 rings (SSSR count). The van der Waals surface area contributed by atoms with E-state index in [0.717, 1.165) is 26.6 Å². The third-order valence-corrected chi connectivity index (χ3v) is 5.43. The topological polar surface area (TPSA) is 85.4 Å². The minimum Gasteiger partial charge on any atom is -0.480 e. The van der Waals surface area contributed by atoms with E-state index in [0.29, 0.717) is 32.1 Å². The van der Waals surface area contributed by atoms with Crippen LogP contribution in [0.25, 0.3) is 10.9 Å². The molecule has 27 heavy (non-hydrogen) atoms. The van der Waals surface area contributed by atoms with Crippen LogP contribution in [0, 0.1) is 6.92 Å². The molecule has 3 heterocycles. The number of H-pyrrole nitrogens is 1. The average Bonchev–Trinajstić information content (AvgIpc) is 2.99. The van der Waals surface area contributed by atoms with Gasteiger partial charge in [0.15, 0.2) is 0 Å². The van der Waals surface area contributed by atoms with Crippen molar-refractivity contribution in [3.8, 4) is 0 Å². The molecule has 1 fully saturated rings. The first-order chi connectivity index (χ1) is 13.0. The molecule has 140 valence electrons. The molecule has 0 amide bonds. The van der Waals surface area contributed by atoms with Crippen molar-refractivity contribution in [2.24, 2.45) is 0 Å². The highest BCUT2D eigenvalue weighted by Gasteiger charge is 2.33. The van der Waals surface area contributed by atoms with Crippen molar-refractivity contribution in [1.29, 1.82) is 0 Å². The number of hydrogen-bond donors (Lipinski definition) is 2. The summed E-state index contributed by atoms with van der Waals surface area (Å²) in [4.78, 5) is 28.3. The lowest BCUT2D eigenvalue weighted by Gasteiger charge is -2.37. The molecule has 0 radical (unpaired) electrons. The van der Waals surface area contributed by atoms with Crippen molar-refractivity contribution in [3.63, 3.8) is 0 Å². The van der Waals surface area contributed by atoms with Gasteiger partial charge in [-0.1, -0.05) is 18.2 Å². The van der Waals surface area contributed by atoms with Crippen molar-refractivity contribution in [2.75, 3.05) is 31.1 Å². The molecule has 3 aromatic rings. The van der Waals surface area contributed by atoms with Crippen LogP contribution < -0.4 is 4.90 Å². The number of hydrogen-bond acceptors (Lipinski definition) is 5. The smallest absolute Gasteiger partial charge is 0.325 e. The number of nitrogens with one attached hydrogen (secondary N) is 1. The molecular formula is C19H20BrN5O2. The average molecular weight is 430 g/mol. The molecule has 8 heteroatoms. The number of nitrogens with zero attached hydrogens (tertiary/aromatic N) is 4. The van der Waals surface area contributed by atoms with Crippen LogP contribution in [0.1, 0.15) is 17.3 Å². The molecule has 0 saturated carbocycles. The van der Waals surface area contributed by atoms with Crippen molar-refractivity contribution in [1.82, 2.24) is 19.9 Å². The molecular weight excluding hydrogens is 410 g/mol. The molecule has 0 unspecified atom stereocenters. The van der Waals surface area contributed by atoms with Crippen LogP contribution in [0.15, 0.2) is 41.1 Å². The maximum atomic E-state index is 12.2. The van der Waals surface area contributed by atoms with Crippen LogP contribution in [0.5, 0.6) is 0 Å². The van der Waals surface area contributed by atoms with Crippen molar-refractivity contribution in [2.45, 2.75) is 13.0 Å². The highest BCUT2D eigenvalue weighted by atomic mass is 79.9. The van der Waals surface area contributed by atoms with E-state index in [9.17, 15) is 9.90 Å². The molecule has 0 aliphatic carbocycles. The third-order valence-electron chi connectivity index (χ3n) is 5.02. The van der Waals surface area contributed by atoms with Crippen LogP contribution in [-0.2, 0) is 4.79 Å². The summed E-state index contributed by atoms with van der Waals surface area (Å²) in [6, 6.07) is 7.19. The van der Waals surface area contributed by atoms with Gasteiger partial charge in [0, 0.05) is 60.7 Å². The quantitative estimate of drug-likeness (QED) is 0.662. The lowest BCUT2D eigenvalue weighted by atomic mass is 10.0. The Hall–Kier alpha value is -2.45. The summed E-state index contributed by atoms with van der Waals surface area (Å²) in [5.41, 5.74) is 2.73. The monoisotopic (exact) mass is 429 g/mol. The number of carboxylic acids is 1. The number of aryl methyl sites for hydroxylation is 1. The zero-order valence-electron chi connectivity index (χ0n) is 14.9. The maximum Gasteiger partial charge on any atom is 0.325 e. The van der Waals surface area contributed by atoms with E-state index in [-0.39, 0.29) is 0 Å². The number of anilines is 1. The minimum atomic E-state index is -0.823. The molecule has 2 aromatic heterocycles. The number of halogens is 1. The van der Waals surface area contributed by atoms with Gasteiger partial charge in [-0.2, -0.15) is 0 Å². The van der Waals surface area contributed by atoms with Crippen LogP contribution in [0.3, 0.4) is 0 Å². The molecule has 1 aliphatic rings. The van der Waals surface area contributed by atoms with E-state index < -0.39 is 12.0 Å². The van der Waals surface area contributed by atoms with Crippen molar-refractivity contribution >= 4 is 38.8 Å². The lowest BCUT2D eigenvalue weighted by Crippen LogP contribution is -2.49. The maximum absolute atomic E-state index is 12.2. The summed E-state index contributed by atoms with van der Waals surface area (Å²) in [5, 5.41) is 11.0. The first-order valence-electron chi connectivity index (χ1n) is 8.81. The van der Waals surface area contributed by atoms with E-state index in [1.807, 2.05) is 36.1 Å². The van der Waals surface area contributed by atoms with Gasteiger partial charge in [0.05, 0.1) is 4.47 Å². The van der Waals surface area contributed by atoms with E-state index in [1.165, 1.54) is 0 Å². The number of benzene rings is 1. The fraction of sp³-hybridized carbons (Fsp3) is 0.316. The van der Waals surface area contributed by atoms with Gasteiger partial charge in [0.2, 0.25) is 5.95 Å². The molecule has 1 saturated heterocycles. The standard InChI is InChI=1S/C19H20BrN5O2/c1-12-16(14-4-2-3-5-15(14)23-12)17(18(26)27)24-6-8-25(9-7-24)19-21-10-13(20)11-22-19/h2-5,10-11,17,23H,6-9H2,1H3,(H,26,27)/t17-/m1/s1. The number of para-hydroxylation sites is 1. The highest BCUT2D eigenvalue weighted by Crippen LogP contribution is 2.32. The normalized spacial score (nSPS) is 16.6. The first-order valence-corrected chi connectivity index (χ1v) is 9.60. The number of carbonyl (C=O) groups is 1. The number of aromatic amines is 1. The first kappa shape index (κ1) is 17.9. The summed E-state index contributed by atoms with van der Waals surface area (Å²) >= 11 is 3.34. The Bertz CT molecular complexity index is 964. The Kier molecular flexibility index (Phi) is 4.84. The number of piperazine rings is 1. The summed E-state index contributed by atoms with van der Waals surface area (Å²) in [5.74, 6) is -0.149. The summed E-state index contributed by atoms with van der Waals surface area (Å²) < 4.78 is 0.839. The number of carboxylic acid groups (broad SMARTS) is 1. The second-order valence-electron chi connectivity index (χ2n) is 6.67. The van der Waals surface area contributed by atoms with Gasteiger partial charge in [0.25, 0.3) is 0 Å². The van der Waals surface area contributed by atoms with E-state index in [4.69, 9.17) is 0 Å². The lowest BCUT2D eigenvalue weighted by molar-refractivity contribution is -0.143. The van der Waals surface area contributed by atoms with Crippen LogP contribution >= 0.6 is 15.9 Å². The largest absolute Gasteiger partial charge is 0.480 e. The molecule has 0 spiro atoms. The molecule has 0 bridgehead atoms. The van der Waals surface area contributed by atoms with E-state index in [2.05, 4.69) is 35.8 Å². The predicted octanol–water partition coefficient (Wildman–Crippen LogP) is 2.98. The predicted molar refractivity (Wildman–Crippen MR) is 107 cm³/mol. The molecule has 1 atom stereocenters. The summed E-state index contributed by atoms with van der Waals surface area (Å²) in [7, 11) is 0. The fourth-order valence-electron chi connectivity index (χ4n) is 3.76. The van der Waals surface area contributed by atoms with Crippen LogP contribution in [-0.4, -0.2) is 57.1 Å². The van der Waals surface area contributed by atoms with Gasteiger partial charge >= 0.3 is 5.97 Å². The second-order valence-corrected chi connectivity index (χ2v) is 7.59. The SMILES string of the molecule is Cc1[nH]c2ccccc2c1[C@H](C(=O)O)N1CCN(c2ncc(Br)cn2)CC1. The zero-order chi connectivity index (χ0) is 19.0. The Morgan fingerprint density at radius 1 is 1.19 bits per heavy atom. The number of aliphatic carboxylic acids is 1. The number of rotatable bonds is 4. The molecule has 2 N–H and O–H groups in total. The van der Waals surface area contributed by atoms with E-state index >= 15 is 0 Å². The van der Waals surface area contributed by atoms with Crippen LogP contribution in [0.2, 0.25) is 0 Å². The Labute approximate surface area is 165 Å². The number of aromatic nitrogens is 3. The fourth-order valence-corrected chi connectivity index (χ4v) is 3.97. The molecule has 7 nitrogen and oxygen atoms in total. The summed E-state index contributed by atoms with van der Waals surface area (Å²) in [6.45, 7) is 4.58. The van der Waals surface area contributed by atoms with Crippen molar-refractivity contribution < 1.29 is 9.90 Å². The summed E-state index contributed by atoms with van der Waals surface area (Å²) in [6.07, 6.45) is 3.45. The van der Waals surface area contributed by atoms with Crippen LogP contribution in [0.4, 0.5) is 5.95 Å². The zero-order valence-corrected chi connectivity index (χ0v) is 16.5. The van der Waals surface area contributed by atoms with Crippen molar-refractivity contribution in [3.05, 3.63) is 52.4 Å². The van der Waals surface area contributed by atoms with Gasteiger partial charge in [-0.05, 0) is 28.9 Å². The van der Waals surface area contributed by atoms with Gasteiger partial charge in [-0.15, -0.1) is 0 Å². The second kappa shape index (κ2) is 7.28. The Balaban J connectivity index is 1.58.